The van der Waals surface area contributed by atoms with Crippen molar-refractivity contribution >= 4 is 10.0 Å². The van der Waals surface area contributed by atoms with Gasteiger partial charge in [-0.1, -0.05) is 13.3 Å². The van der Waals surface area contributed by atoms with Gasteiger partial charge in [0.25, 0.3) is 0 Å². The van der Waals surface area contributed by atoms with Gasteiger partial charge in [-0.3, -0.25) is 4.68 Å². The van der Waals surface area contributed by atoms with Crippen LogP contribution in [0, 0.1) is 0 Å². The molecular weight excluding hydrogens is 338 g/mol. The highest BCUT2D eigenvalue weighted by atomic mass is 32.2. The van der Waals surface area contributed by atoms with Crippen molar-refractivity contribution in [3.63, 3.8) is 0 Å². The highest BCUT2D eigenvalue weighted by Gasteiger charge is 2.33. The highest BCUT2D eigenvalue weighted by molar-refractivity contribution is 7.89. The number of piperidine rings is 1. The van der Waals surface area contributed by atoms with Crippen molar-refractivity contribution in [1.82, 2.24) is 23.6 Å². The van der Waals surface area contributed by atoms with Gasteiger partial charge in [-0.2, -0.15) is 9.40 Å². The molecule has 0 amide bonds. The molecule has 0 aliphatic carbocycles. The number of aromatic nitrogens is 4. The van der Waals surface area contributed by atoms with Crippen LogP contribution >= 0.6 is 0 Å². The fourth-order valence-corrected chi connectivity index (χ4v) is 4.85. The minimum atomic E-state index is -3.49. The first kappa shape index (κ1) is 18.1. The van der Waals surface area contributed by atoms with E-state index in [2.05, 4.69) is 21.6 Å². The summed E-state index contributed by atoms with van der Waals surface area (Å²) in [5.41, 5.74) is 0. The predicted molar refractivity (Wildman–Crippen MR) is 95.8 cm³/mol. The maximum absolute atomic E-state index is 12.9. The monoisotopic (exact) mass is 365 g/mol. The molecule has 0 bridgehead atoms. The molecule has 1 fully saturated rings. The Balaban J connectivity index is 1.78. The molecule has 1 aliphatic heterocycles. The van der Waals surface area contributed by atoms with Gasteiger partial charge in [0.05, 0.1) is 6.20 Å². The Hall–Kier alpha value is -1.67. The number of rotatable bonds is 7. The van der Waals surface area contributed by atoms with Crippen molar-refractivity contribution in [3.05, 3.63) is 30.6 Å². The molecule has 3 rings (SSSR count). The molecule has 0 N–H and O–H groups in total. The Labute approximate surface area is 149 Å². The predicted octanol–water partition coefficient (Wildman–Crippen LogP) is 2.47. The Morgan fingerprint density at radius 1 is 1.32 bits per heavy atom. The largest absolute Gasteiger partial charge is 0.335 e. The van der Waals surface area contributed by atoms with E-state index in [1.165, 1.54) is 6.20 Å². The van der Waals surface area contributed by atoms with E-state index in [1.807, 2.05) is 19.3 Å². The van der Waals surface area contributed by atoms with Gasteiger partial charge in [0.1, 0.15) is 10.7 Å². The summed E-state index contributed by atoms with van der Waals surface area (Å²) >= 11 is 0. The molecule has 138 valence electrons. The Morgan fingerprint density at radius 3 is 2.88 bits per heavy atom. The lowest BCUT2D eigenvalue weighted by Gasteiger charge is -2.31. The van der Waals surface area contributed by atoms with Crippen LogP contribution in [0.5, 0.6) is 0 Å². The van der Waals surface area contributed by atoms with Gasteiger partial charge in [-0.15, -0.1) is 0 Å². The zero-order valence-corrected chi connectivity index (χ0v) is 15.8. The van der Waals surface area contributed by atoms with Crippen LogP contribution in [0.4, 0.5) is 0 Å². The molecule has 0 saturated carbocycles. The first-order valence-electron chi connectivity index (χ1n) is 9.10. The summed E-state index contributed by atoms with van der Waals surface area (Å²) in [6.45, 7) is 6.76. The molecule has 8 heteroatoms. The van der Waals surface area contributed by atoms with Crippen LogP contribution in [0.3, 0.4) is 0 Å². The molecule has 0 spiro atoms. The average molecular weight is 366 g/mol. The molecule has 1 saturated heterocycles. The summed E-state index contributed by atoms with van der Waals surface area (Å²) in [4.78, 5) is 4.81. The molecular formula is C17H27N5O2S. The lowest BCUT2D eigenvalue weighted by atomic mass is 9.99. The van der Waals surface area contributed by atoms with E-state index < -0.39 is 10.0 Å². The number of nitrogens with zero attached hydrogens (tertiary/aromatic N) is 5. The maximum atomic E-state index is 12.9. The third-order valence-corrected chi connectivity index (χ3v) is 6.64. The lowest BCUT2D eigenvalue weighted by molar-refractivity contribution is 0.304. The first-order chi connectivity index (χ1) is 12.1. The smallest absolute Gasteiger partial charge is 0.246 e. The van der Waals surface area contributed by atoms with Crippen LogP contribution in [-0.2, 0) is 23.1 Å². The second kappa shape index (κ2) is 7.70. The Bertz CT molecular complexity index is 796. The first-order valence-corrected chi connectivity index (χ1v) is 10.5. The minimum Gasteiger partial charge on any atom is -0.335 e. The molecule has 0 aromatic carbocycles. The van der Waals surface area contributed by atoms with E-state index >= 15 is 0 Å². The van der Waals surface area contributed by atoms with E-state index in [9.17, 15) is 8.42 Å². The zero-order chi connectivity index (χ0) is 17.9. The van der Waals surface area contributed by atoms with Gasteiger partial charge in [0.15, 0.2) is 0 Å². The number of imidazole rings is 1. The summed E-state index contributed by atoms with van der Waals surface area (Å²) in [6.07, 6.45) is 11.0. The van der Waals surface area contributed by atoms with E-state index in [-0.39, 0.29) is 10.8 Å². The Morgan fingerprint density at radius 2 is 2.16 bits per heavy atom. The number of hydrogen-bond donors (Lipinski definition) is 0. The van der Waals surface area contributed by atoms with Gasteiger partial charge in [-0.05, 0) is 26.2 Å². The van der Waals surface area contributed by atoms with Crippen LogP contribution in [0.15, 0.2) is 29.7 Å². The molecule has 2 aromatic heterocycles. The van der Waals surface area contributed by atoms with Crippen molar-refractivity contribution in [2.45, 2.75) is 63.4 Å². The van der Waals surface area contributed by atoms with Crippen molar-refractivity contribution in [3.8, 4) is 0 Å². The molecule has 3 heterocycles. The van der Waals surface area contributed by atoms with Crippen molar-refractivity contribution in [2.75, 3.05) is 13.1 Å². The summed E-state index contributed by atoms with van der Waals surface area (Å²) in [5.74, 6) is 1.16. The van der Waals surface area contributed by atoms with Crippen LogP contribution in [0.1, 0.15) is 51.3 Å². The summed E-state index contributed by atoms with van der Waals surface area (Å²) in [6, 6.07) is 0. The zero-order valence-electron chi connectivity index (χ0n) is 15.0. The third kappa shape index (κ3) is 3.79. The van der Waals surface area contributed by atoms with Crippen molar-refractivity contribution in [2.24, 2.45) is 0 Å². The van der Waals surface area contributed by atoms with Crippen LogP contribution in [-0.4, -0.2) is 45.1 Å². The van der Waals surface area contributed by atoms with Crippen molar-refractivity contribution < 1.29 is 8.42 Å². The van der Waals surface area contributed by atoms with Crippen LogP contribution in [0.2, 0.25) is 0 Å². The quantitative estimate of drug-likeness (QED) is 0.755. The Kier molecular flexibility index (Phi) is 5.58. The average Bonchev–Trinajstić information content (AvgIpc) is 3.29. The van der Waals surface area contributed by atoms with E-state index in [0.717, 1.165) is 38.1 Å². The second-order valence-electron chi connectivity index (χ2n) is 6.57. The number of sulfonamides is 1. The molecule has 1 atom stereocenters. The highest BCUT2D eigenvalue weighted by Crippen LogP contribution is 2.29. The van der Waals surface area contributed by atoms with E-state index in [0.29, 0.717) is 19.6 Å². The SMILES string of the molecule is CCCCn1ccnc1C1CCCN(S(=O)(=O)c2cnn(CC)c2)C1. The van der Waals surface area contributed by atoms with E-state index in [4.69, 9.17) is 0 Å². The normalized spacial score (nSPS) is 19.4. The van der Waals surface area contributed by atoms with Gasteiger partial charge in [0, 0.05) is 50.7 Å². The minimum absolute atomic E-state index is 0.150. The maximum Gasteiger partial charge on any atom is 0.246 e. The second-order valence-corrected chi connectivity index (χ2v) is 8.50. The van der Waals surface area contributed by atoms with E-state index in [1.54, 1.807) is 15.2 Å². The summed E-state index contributed by atoms with van der Waals surface area (Å²) < 4.78 is 31.3. The third-order valence-electron chi connectivity index (χ3n) is 4.82. The van der Waals surface area contributed by atoms with Crippen molar-refractivity contribution in [1.29, 1.82) is 0 Å². The molecule has 0 radical (unpaired) electrons. The molecule has 25 heavy (non-hydrogen) atoms. The molecule has 7 nitrogen and oxygen atoms in total. The van der Waals surface area contributed by atoms with Gasteiger partial charge >= 0.3 is 0 Å². The van der Waals surface area contributed by atoms with Gasteiger partial charge in [0.2, 0.25) is 10.0 Å². The van der Waals surface area contributed by atoms with Crippen LogP contribution < -0.4 is 0 Å². The number of unbranched alkanes of at least 4 members (excludes halogenated alkanes) is 1. The van der Waals surface area contributed by atoms with Gasteiger partial charge in [-0.25, -0.2) is 13.4 Å². The molecule has 1 aliphatic rings. The summed E-state index contributed by atoms with van der Waals surface area (Å²) in [7, 11) is -3.49. The van der Waals surface area contributed by atoms with Crippen LogP contribution in [0.25, 0.3) is 0 Å². The fraction of sp³-hybridized carbons (Fsp3) is 0.647. The fourth-order valence-electron chi connectivity index (χ4n) is 3.37. The molecule has 1 unspecified atom stereocenters. The lowest BCUT2D eigenvalue weighted by Crippen LogP contribution is -2.39. The summed E-state index contributed by atoms with van der Waals surface area (Å²) in [5, 5.41) is 4.11. The molecule has 2 aromatic rings. The van der Waals surface area contributed by atoms with Gasteiger partial charge < -0.3 is 4.57 Å². The number of hydrogen-bond acceptors (Lipinski definition) is 4. The standard InChI is InChI=1S/C17H27N5O2S/c1-3-5-9-20-11-8-18-17(20)15-7-6-10-22(13-15)25(23,24)16-12-19-21(4-2)14-16/h8,11-12,14-15H,3-7,9-10,13H2,1-2H3. The topological polar surface area (TPSA) is 73.0 Å². The number of aryl methyl sites for hydroxylation is 2.